The second kappa shape index (κ2) is 6.23. The van der Waals surface area contributed by atoms with Gasteiger partial charge in [0.1, 0.15) is 0 Å². The van der Waals surface area contributed by atoms with Gasteiger partial charge in [-0.25, -0.2) is 4.68 Å². The third kappa shape index (κ3) is 3.49. The van der Waals surface area contributed by atoms with Crippen LogP contribution in [-0.4, -0.2) is 36.6 Å². The summed E-state index contributed by atoms with van der Waals surface area (Å²) >= 11 is 0. The highest BCUT2D eigenvalue weighted by Crippen LogP contribution is 2.41. The highest BCUT2D eigenvalue weighted by Gasteiger charge is 2.37. The number of fused-ring (bicyclic) bond motifs is 1. The van der Waals surface area contributed by atoms with Gasteiger partial charge in [-0.2, -0.15) is 22.5 Å². The van der Waals surface area contributed by atoms with Gasteiger partial charge in [-0.05, 0) is 36.8 Å². The third-order valence-electron chi connectivity index (χ3n) is 4.79. The molecule has 1 aliphatic carbocycles. The van der Waals surface area contributed by atoms with Crippen molar-refractivity contribution >= 4 is 10.2 Å². The van der Waals surface area contributed by atoms with Crippen LogP contribution in [0.5, 0.6) is 0 Å². The molecule has 0 saturated carbocycles. The summed E-state index contributed by atoms with van der Waals surface area (Å²) in [5.74, 6) is 0. The van der Waals surface area contributed by atoms with Gasteiger partial charge in [-0.1, -0.05) is 32.0 Å². The molecule has 6 nitrogen and oxygen atoms in total. The van der Waals surface area contributed by atoms with E-state index < -0.39 is 10.2 Å². The van der Waals surface area contributed by atoms with E-state index in [1.54, 1.807) is 6.20 Å². The first-order chi connectivity index (χ1) is 11.6. The summed E-state index contributed by atoms with van der Waals surface area (Å²) < 4.78 is 30.7. The zero-order valence-electron chi connectivity index (χ0n) is 15.4. The lowest BCUT2D eigenvalue weighted by Gasteiger charge is -2.36. The third-order valence-corrected chi connectivity index (χ3v) is 6.34. The predicted molar refractivity (Wildman–Crippen MR) is 98.9 cm³/mol. The minimum atomic E-state index is -3.51. The molecule has 0 aliphatic heterocycles. The molecule has 1 aromatic carbocycles. The average molecular weight is 362 g/mol. The van der Waals surface area contributed by atoms with E-state index >= 15 is 0 Å². The molecule has 0 radical (unpaired) electrons. The van der Waals surface area contributed by atoms with Crippen molar-refractivity contribution in [2.24, 2.45) is 5.41 Å². The summed E-state index contributed by atoms with van der Waals surface area (Å²) in [4.78, 5) is 0. The fraction of sp³-hybridized carbons (Fsp3) is 0.500. The van der Waals surface area contributed by atoms with E-state index in [1.165, 1.54) is 18.4 Å². The van der Waals surface area contributed by atoms with Crippen molar-refractivity contribution in [1.82, 2.24) is 18.8 Å². The van der Waals surface area contributed by atoms with Gasteiger partial charge < -0.3 is 0 Å². The smallest absolute Gasteiger partial charge is 0.237 e. The van der Waals surface area contributed by atoms with Crippen LogP contribution < -0.4 is 4.72 Å². The lowest BCUT2D eigenvalue weighted by molar-refractivity contribution is 0.267. The van der Waals surface area contributed by atoms with E-state index in [-0.39, 0.29) is 11.5 Å². The van der Waals surface area contributed by atoms with Crippen LogP contribution in [0.4, 0.5) is 0 Å². The van der Waals surface area contributed by atoms with Crippen LogP contribution in [0.3, 0.4) is 0 Å². The van der Waals surface area contributed by atoms with Crippen molar-refractivity contribution in [3.63, 3.8) is 0 Å². The number of aryl methyl sites for hydroxylation is 1. The van der Waals surface area contributed by atoms with Crippen LogP contribution in [0.15, 0.2) is 30.5 Å². The zero-order valence-corrected chi connectivity index (χ0v) is 16.3. The molecule has 0 unspecified atom stereocenters. The molecular formula is C18H26N4O2S. The maximum atomic E-state index is 12.3. The average Bonchev–Trinajstić information content (AvgIpc) is 2.89. The van der Waals surface area contributed by atoms with E-state index in [1.807, 2.05) is 22.9 Å². The lowest BCUT2D eigenvalue weighted by Crippen LogP contribution is -2.41. The van der Waals surface area contributed by atoms with E-state index in [9.17, 15) is 8.42 Å². The van der Waals surface area contributed by atoms with Crippen LogP contribution >= 0.6 is 0 Å². The first kappa shape index (κ1) is 18.1. The highest BCUT2D eigenvalue weighted by atomic mass is 32.2. The van der Waals surface area contributed by atoms with Gasteiger partial charge in [-0.15, -0.1) is 0 Å². The summed E-state index contributed by atoms with van der Waals surface area (Å²) in [5, 5.41) is 4.59. The molecule has 1 aromatic heterocycles. The Bertz CT molecular complexity index is 884. The maximum absolute atomic E-state index is 12.3. The lowest BCUT2D eigenvalue weighted by atomic mass is 9.74. The summed E-state index contributed by atoms with van der Waals surface area (Å²) in [6.45, 7) is 6.40. The van der Waals surface area contributed by atoms with Crippen LogP contribution in [0.25, 0.3) is 5.69 Å². The van der Waals surface area contributed by atoms with Gasteiger partial charge in [-0.3, -0.25) is 0 Å². The second-order valence-corrected chi connectivity index (χ2v) is 9.66. The highest BCUT2D eigenvalue weighted by molar-refractivity contribution is 7.87. The Labute approximate surface area is 150 Å². The maximum Gasteiger partial charge on any atom is 0.279 e. The van der Waals surface area contributed by atoms with E-state index in [4.69, 9.17) is 0 Å². The van der Waals surface area contributed by atoms with E-state index in [0.717, 1.165) is 35.3 Å². The van der Waals surface area contributed by atoms with Crippen LogP contribution in [0, 0.1) is 12.3 Å². The van der Waals surface area contributed by atoms with E-state index in [2.05, 4.69) is 36.7 Å². The molecule has 1 atom stereocenters. The molecule has 0 fully saturated rings. The Balaban J connectivity index is 2.07. The fourth-order valence-electron chi connectivity index (χ4n) is 3.44. The molecule has 7 heteroatoms. The molecule has 25 heavy (non-hydrogen) atoms. The van der Waals surface area contributed by atoms with Crippen molar-refractivity contribution in [1.29, 1.82) is 0 Å². The van der Waals surface area contributed by atoms with Crippen molar-refractivity contribution in [2.75, 3.05) is 14.1 Å². The number of aromatic nitrogens is 2. The molecular weight excluding hydrogens is 336 g/mol. The normalized spacial score (nSPS) is 19.8. The molecule has 1 N–H and O–H groups in total. The van der Waals surface area contributed by atoms with Gasteiger partial charge in [0.25, 0.3) is 10.2 Å². The Morgan fingerprint density at radius 2 is 1.96 bits per heavy atom. The number of hydrogen-bond donors (Lipinski definition) is 1. The summed E-state index contributed by atoms with van der Waals surface area (Å²) in [5.41, 5.74) is 4.20. The first-order valence-corrected chi connectivity index (χ1v) is 9.87. The van der Waals surface area contributed by atoms with Crippen LogP contribution in [-0.2, 0) is 16.6 Å². The second-order valence-electron chi connectivity index (χ2n) is 7.75. The minimum absolute atomic E-state index is 0.0209. The Hall–Kier alpha value is -1.70. The number of hydrogen-bond acceptors (Lipinski definition) is 3. The Morgan fingerprint density at radius 1 is 1.28 bits per heavy atom. The minimum Gasteiger partial charge on any atom is -0.237 e. The standard InChI is InChI=1S/C18H26N4O2S/c1-13-8-6-7-9-16(13)22-17-11-18(2,3)10-15(14(17)12-19-22)20-25(23,24)21(4)5/h6-9,12,15,20H,10-11H2,1-5H3/t15-/m1/s1. The van der Waals surface area contributed by atoms with Gasteiger partial charge in [0.2, 0.25) is 0 Å². The molecule has 136 valence electrons. The number of para-hydroxylation sites is 1. The summed E-state index contributed by atoms with van der Waals surface area (Å²) in [7, 11) is -0.437. The van der Waals surface area contributed by atoms with Crippen LogP contribution in [0.1, 0.15) is 43.1 Å². The monoisotopic (exact) mass is 362 g/mol. The van der Waals surface area contributed by atoms with Gasteiger partial charge in [0.05, 0.1) is 17.9 Å². The Kier molecular flexibility index (Phi) is 4.51. The quantitative estimate of drug-likeness (QED) is 0.909. The largest absolute Gasteiger partial charge is 0.279 e. The van der Waals surface area contributed by atoms with Gasteiger partial charge in [0.15, 0.2) is 0 Å². The van der Waals surface area contributed by atoms with Crippen molar-refractivity contribution in [2.45, 2.75) is 39.7 Å². The number of nitrogens with one attached hydrogen (secondary N) is 1. The predicted octanol–water partition coefficient (Wildman–Crippen LogP) is 2.59. The Morgan fingerprint density at radius 3 is 2.60 bits per heavy atom. The zero-order chi connectivity index (χ0) is 18.4. The SMILES string of the molecule is Cc1ccccc1-n1ncc2c1CC(C)(C)C[C@H]2NS(=O)(=O)N(C)C. The molecule has 0 amide bonds. The van der Waals surface area contributed by atoms with Crippen molar-refractivity contribution in [3.05, 3.63) is 47.3 Å². The van der Waals surface area contributed by atoms with Crippen molar-refractivity contribution in [3.8, 4) is 5.69 Å². The van der Waals surface area contributed by atoms with Crippen LogP contribution in [0.2, 0.25) is 0 Å². The molecule has 1 aliphatic rings. The van der Waals surface area contributed by atoms with Gasteiger partial charge in [0, 0.05) is 25.4 Å². The fourth-order valence-corrected chi connectivity index (χ4v) is 4.22. The van der Waals surface area contributed by atoms with E-state index in [0.29, 0.717) is 0 Å². The van der Waals surface area contributed by atoms with Crippen molar-refractivity contribution < 1.29 is 8.42 Å². The topological polar surface area (TPSA) is 67.2 Å². The molecule has 0 spiro atoms. The molecule has 0 bridgehead atoms. The number of benzene rings is 1. The molecule has 0 saturated heterocycles. The van der Waals surface area contributed by atoms with Gasteiger partial charge >= 0.3 is 0 Å². The summed E-state index contributed by atoms with van der Waals surface area (Å²) in [6, 6.07) is 7.83. The summed E-state index contributed by atoms with van der Waals surface area (Å²) in [6.07, 6.45) is 3.41. The molecule has 1 heterocycles. The number of rotatable bonds is 4. The molecule has 3 rings (SSSR count). The first-order valence-electron chi connectivity index (χ1n) is 8.43. The number of nitrogens with zero attached hydrogens (tertiary/aromatic N) is 3. The molecule has 2 aromatic rings.